The van der Waals surface area contributed by atoms with Crippen LogP contribution < -0.4 is 5.73 Å². The summed E-state index contributed by atoms with van der Waals surface area (Å²) in [6, 6.07) is 9.64. The molecule has 1 aromatic rings. The van der Waals surface area contributed by atoms with Crippen LogP contribution in [0.1, 0.15) is 25.8 Å². The number of nitrogens with two attached hydrogens (primary N) is 1. The molecule has 0 radical (unpaired) electrons. The summed E-state index contributed by atoms with van der Waals surface area (Å²) >= 11 is 0. The largest absolute Gasteiger partial charge is 0.409 e. The van der Waals surface area contributed by atoms with Crippen molar-refractivity contribution >= 4 is 11.7 Å². The third-order valence-corrected chi connectivity index (χ3v) is 3.21. The van der Waals surface area contributed by atoms with Gasteiger partial charge in [0.05, 0.1) is 5.41 Å². The molecule has 0 unspecified atom stereocenters. The molecule has 1 amide bonds. The van der Waals surface area contributed by atoms with Crippen molar-refractivity contribution in [2.45, 2.75) is 25.7 Å². The molecule has 104 valence electrons. The first-order valence-electron chi connectivity index (χ1n) is 6.17. The molecule has 0 heterocycles. The first-order chi connectivity index (χ1) is 8.89. The minimum atomic E-state index is -0.596. The summed E-state index contributed by atoms with van der Waals surface area (Å²) in [6.45, 7) is 4.21. The van der Waals surface area contributed by atoms with Gasteiger partial charge in [0, 0.05) is 20.0 Å². The summed E-state index contributed by atoms with van der Waals surface area (Å²) in [7, 11) is 1.72. The SMILES string of the molecule is CN(CC/C(N)=N/O)C(=O)C(C)(C)c1ccccc1. The maximum atomic E-state index is 12.4. The number of carbonyl (C=O) groups excluding carboxylic acids is 1. The van der Waals surface area contributed by atoms with Crippen LogP contribution in [0.4, 0.5) is 0 Å². The van der Waals surface area contributed by atoms with Crippen molar-refractivity contribution < 1.29 is 10.0 Å². The topological polar surface area (TPSA) is 78.9 Å². The minimum absolute atomic E-state index is 0.00411. The van der Waals surface area contributed by atoms with E-state index in [2.05, 4.69) is 5.16 Å². The number of hydrogen-bond donors (Lipinski definition) is 2. The molecule has 3 N–H and O–H groups in total. The fourth-order valence-corrected chi connectivity index (χ4v) is 1.89. The molecule has 0 spiro atoms. The molecule has 0 fully saturated rings. The molecule has 0 saturated carbocycles. The monoisotopic (exact) mass is 263 g/mol. The van der Waals surface area contributed by atoms with Crippen molar-refractivity contribution in [1.82, 2.24) is 4.90 Å². The molecule has 19 heavy (non-hydrogen) atoms. The molecule has 0 aliphatic rings. The van der Waals surface area contributed by atoms with Crippen LogP contribution in [0.25, 0.3) is 0 Å². The van der Waals surface area contributed by atoms with Crippen molar-refractivity contribution in [3.63, 3.8) is 0 Å². The third kappa shape index (κ3) is 3.71. The number of likely N-dealkylation sites (N-methyl/N-ethyl adjacent to an activating group) is 1. The Morgan fingerprint density at radius 3 is 2.47 bits per heavy atom. The number of oxime groups is 1. The Morgan fingerprint density at radius 1 is 1.37 bits per heavy atom. The molecular formula is C14H21N3O2. The minimum Gasteiger partial charge on any atom is -0.409 e. The Hall–Kier alpha value is -2.04. The Labute approximate surface area is 113 Å². The zero-order valence-electron chi connectivity index (χ0n) is 11.6. The highest BCUT2D eigenvalue weighted by atomic mass is 16.4. The van der Waals surface area contributed by atoms with Crippen LogP contribution in [0.5, 0.6) is 0 Å². The lowest BCUT2D eigenvalue weighted by Crippen LogP contribution is -2.42. The molecule has 0 atom stereocenters. The fourth-order valence-electron chi connectivity index (χ4n) is 1.89. The van der Waals surface area contributed by atoms with Gasteiger partial charge >= 0.3 is 0 Å². The zero-order valence-corrected chi connectivity index (χ0v) is 11.6. The molecular weight excluding hydrogens is 242 g/mol. The number of amidine groups is 1. The van der Waals surface area contributed by atoms with E-state index in [9.17, 15) is 4.79 Å². The Kier molecular flexibility index (Phi) is 4.92. The number of carbonyl (C=O) groups is 1. The van der Waals surface area contributed by atoms with Gasteiger partial charge < -0.3 is 15.8 Å². The number of benzene rings is 1. The van der Waals surface area contributed by atoms with Gasteiger partial charge in [0.1, 0.15) is 5.84 Å². The van der Waals surface area contributed by atoms with Crippen molar-refractivity contribution in [3.8, 4) is 0 Å². The van der Waals surface area contributed by atoms with E-state index in [1.165, 1.54) is 0 Å². The van der Waals surface area contributed by atoms with Crippen LogP contribution in [0, 0.1) is 0 Å². The summed E-state index contributed by atoms with van der Waals surface area (Å²) in [5.74, 6) is 0.126. The molecule has 0 bridgehead atoms. The average Bonchev–Trinajstić information content (AvgIpc) is 2.44. The molecule has 0 saturated heterocycles. The third-order valence-electron chi connectivity index (χ3n) is 3.21. The Balaban J connectivity index is 2.76. The van der Waals surface area contributed by atoms with E-state index in [-0.39, 0.29) is 11.7 Å². The van der Waals surface area contributed by atoms with Crippen LogP contribution in [-0.4, -0.2) is 35.4 Å². The summed E-state index contributed by atoms with van der Waals surface area (Å²) in [5, 5.41) is 11.4. The van der Waals surface area contributed by atoms with Crippen LogP contribution in [0.3, 0.4) is 0 Å². The van der Waals surface area contributed by atoms with Gasteiger partial charge in [-0.1, -0.05) is 35.5 Å². The van der Waals surface area contributed by atoms with E-state index in [0.29, 0.717) is 13.0 Å². The normalized spacial score (nSPS) is 12.3. The number of nitrogens with zero attached hydrogens (tertiary/aromatic N) is 2. The summed E-state index contributed by atoms with van der Waals surface area (Å²) in [4.78, 5) is 14.1. The Bertz CT molecular complexity index is 455. The molecule has 5 heteroatoms. The lowest BCUT2D eigenvalue weighted by Gasteiger charge is -2.29. The second-order valence-electron chi connectivity index (χ2n) is 5.06. The first-order valence-corrected chi connectivity index (χ1v) is 6.17. The van der Waals surface area contributed by atoms with Crippen molar-refractivity contribution in [2.75, 3.05) is 13.6 Å². The van der Waals surface area contributed by atoms with E-state index < -0.39 is 5.41 Å². The number of rotatable bonds is 5. The predicted molar refractivity (Wildman–Crippen MR) is 75.1 cm³/mol. The molecule has 0 aromatic heterocycles. The van der Waals surface area contributed by atoms with Gasteiger partial charge in [-0.15, -0.1) is 0 Å². The van der Waals surface area contributed by atoms with E-state index >= 15 is 0 Å². The molecule has 0 aliphatic carbocycles. The highest BCUT2D eigenvalue weighted by Crippen LogP contribution is 2.25. The van der Waals surface area contributed by atoms with Crippen LogP contribution >= 0.6 is 0 Å². The predicted octanol–water partition coefficient (Wildman–Crippen LogP) is 1.56. The maximum absolute atomic E-state index is 12.4. The van der Waals surface area contributed by atoms with Crippen molar-refractivity contribution in [3.05, 3.63) is 35.9 Å². The van der Waals surface area contributed by atoms with Crippen LogP contribution in [0.2, 0.25) is 0 Å². The van der Waals surface area contributed by atoms with Crippen LogP contribution in [-0.2, 0) is 10.2 Å². The molecule has 0 aliphatic heterocycles. The van der Waals surface area contributed by atoms with Crippen LogP contribution in [0.15, 0.2) is 35.5 Å². The molecule has 5 nitrogen and oxygen atoms in total. The summed E-state index contributed by atoms with van der Waals surface area (Å²) in [6.07, 6.45) is 0.351. The van der Waals surface area contributed by atoms with E-state index in [1.54, 1.807) is 11.9 Å². The number of amides is 1. The summed E-state index contributed by atoms with van der Waals surface area (Å²) in [5.41, 5.74) is 5.78. The Morgan fingerprint density at radius 2 is 1.95 bits per heavy atom. The van der Waals surface area contributed by atoms with Gasteiger partial charge in [-0.25, -0.2) is 0 Å². The van der Waals surface area contributed by atoms with E-state index in [4.69, 9.17) is 10.9 Å². The average molecular weight is 263 g/mol. The first kappa shape index (κ1) is 15.0. The molecule has 1 aromatic carbocycles. The van der Waals surface area contributed by atoms with Crippen molar-refractivity contribution in [2.24, 2.45) is 10.9 Å². The molecule has 1 rings (SSSR count). The van der Waals surface area contributed by atoms with Gasteiger partial charge in [0.15, 0.2) is 0 Å². The number of hydrogen-bond acceptors (Lipinski definition) is 3. The smallest absolute Gasteiger partial charge is 0.232 e. The van der Waals surface area contributed by atoms with E-state index in [0.717, 1.165) is 5.56 Å². The lowest BCUT2D eigenvalue weighted by atomic mass is 9.83. The highest BCUT2D eigenvalue weighted by Gasteiger charge is 2.31. The standard InChI is InChI=1S/C14H21N3O2/c1-14(2,11-7-5-4-6-8-11)13(18)17(3)10-9-12(15)16-19/h4-8,19H,9-10H2,1-3H3,(H2,15,16). The zero-order chi connectivity index (χ0) is 14.5. The lowest BCUT2D eigenvalue weighted by molar-refractivity contribution is -0.134. The quantitative estimate of drug-likeness (QED) is 0.366. The van der Waals surface area contributed by atoms with Gasteiger partial charge in [-0.05, 0) is 19.4 Å². The van der Waals surface area contributed by atoms with Crippen molar-refractivity contribution in [1.29, 1.82) is 0 Å². The second-order valence-corrected chi connectivity index (χ2v) is 5.06. The van der Waals surface area contributed by atoms with E-state index in [1.807, 2.05) is 44.2 Å². The van der Waals surface area contributed by atoms with Gasteiger partial charge in [-0.2, -0.15) is 0 Å². The van der Waals surface area contributed by atoms with Gasteiger partial charge in [-0.3, -0.25) is 4.79 Å². The van der Waals surface area contributed by atoms with Gasteiger partial charge in [0.2, 0.25) is 5.91 Å². The highest BCUT2D eigenvalue weighted by molar-refractivity contribution is 5.88. The fraction of sp³-hybridized carbons (Fsp3) is 0.429. The summed E-state index contributed by atoms with van der Waals surface area (Å²) < 4.78 is 0. The van der Waals surface area contributed by atoms with Gasteiger partial charge in [0.25, 0.3) is 0 Å². The maximum Gasteiger partial charge on any atom is 0.232 e. The second kappa shape index (κ2) is 6.22.